The number of ether oxygens (including phenoxy) is 1. The average molecular weight is 233 g/mol. The zero-order chi connectivity index (χ0) is 12.1. The number of benzene rings is 1. The van der Waals surface area contributed by atoms with Crippen LogP contribution in [0.4, 0.5) is 0 Å². The number of methoxy groups -OCH3 is 1. The van der Waals surface area contributed by atoms with Gasteiger partial charge in [0.25, 0.3) is 0 Å². The molecule has 1 aliphatic rings. The molecule has 1 heterocycles. The molecule has 0 aliphatic carbocycles. The topological polar surface area (TPSA) is 38.3 Å². The van der Waals surface area contributed by atoms with Gasteiger partial charge in [0.2, 0.25) is 0 Å². The lowest BCUT2D eigenvalue weighted by atomic mass is 9.71. The zero-order valence-electron chi connectivity index (χ0n) is 10.2. The summed E-state index contributed by atoms with van der Waals surface area (Å²) in [7, 11) is 1.67. The highest BCUT2D eigenvalue weighted by molar-refractivity contribution is 5.54. The first kappa shape index (κ1) is 12.1. The van der Waals surface area contributed by atoms with Gasteiger partial charge in [-0.25, -0.2) is 0 Å². The predicted octanol–water partition coefficient (Wildman–Crippen LogP) is 1.91. The van der Waals surface area contributed by atoms with Gasteiger partial charge in [0.05, 0.1) is 7.11 Å². The van der Waals surface area contributed by atoms with Gasteiger partial charge < -0.3 is 14.8 Å². The van der Waals surface area contributed by atoms with E-state index in [0.29, 0.717) is 6.42 Å². The lowest BCUT2D eigenvalue weighted by Gasteiger charge is -2.37. The van der Waals surface area contributed by atoms with Crippen LogP contribution in [-0.4, -0.2) is 26.5 Å². The van der Waals surface area contributed by atoms with Gasteiger partial charge in [-0.3, -0.25) is 0 Å². The summed E-state index contributed by atoms with van der Waals surface area (Å²) >= 11 is 0. The normalized spacial score (nSPS) is 18.6. The number of piperidine rings is 1. The van der Waals surface area contributed by atoms with Crippen LogP contribution in [0.5, 0.6) is 5.75 Å². The molecule has 92 valence electrons. The molecular weight excluding hydrogens is 214 g/mol. The SMILES string of the molecule is COc1cccc(C2(CC=O)CCNCC2)c1. The van der Waals surface area contributed by atoms with Crippen molar-refractivity contribution in [1.82, 2.24) is 5.32 Å². The smallest absolute Gasteiger partial charge is 0.120 e. The van der Waals surface area contributed by atoms with Crippen molar-refractivity contribution >= 4 is 6.29 Å². The molecule has 0 saturated carbocycles. The number of nitrogens with one attached hydrogen (secondary N) is 1. The average Bonchev–Trinajstić information content (AvgIpc) is 2.40. The van der Waals surface area contributed by atoms with E-state index in [1.165, 1.54) is 5.56 Å². The molecule has 0 bridgehead atoms. The summed E-state index contributed by atoms with van der Waals surface area (Å²) < 4.78 is 5.26. The minimum Gasteiger partial charge on any atom is -0.497 e. The second kappa shape index (κ2) is 5.32. The molecule has 2 rings (SSSR count). The van der Waals surface area contributed by atoms with Crippen molar-refractivity contribution < 1.29 is 9.53 Å². The Morgan fingerprint density at radius 3 is 2.82 bits per heavy atom. The Balaban J connectivity index is 2.33. The van der Waals surface area contributed by atoms with Gasteiger partial charge in [0, 0.05) is 11.8 Å². The van der Waals surface area contributed by atoms with Crippen LogP contribution in [0.1, 0.15) is 24.8 Å². The van der Waals surface area contributed by atoms with Crippen LogP contribution in [0.2, 0.25) is 0 Å². The van der Waals surface area contributed by atoms with Gasteiger partial charge >= 0.3 is 0 Å². The molecule has 1 N–H and O–H groups in total. The largest absolute Gasteiger partial charge is 0.497 e. The Hall–Kier alpha value is -1.35. The first-order chi connectivity index (χ1) is 8.30. The van der Waals surface area contributed by atoms with Crippen molar-refractivity contribution in [2.75, 3.05) is 20.2 Å². The van der Waals surface area contributed by atoms with Gasteiger partial charge in [0.15, 0.2) is 0 Å². The highest BCUT2D eigenvalue weighted by atomic mass is 16.5. The van der Waals surface area contributed by atoms with Crippen LogP contribution in [-0.2, 0) is 10.2 Å². The van der Waals surface area contributed by atoms with Crippen LogP contribution < -0.4 is 10.1 Å². The highest BCUT2D eigenvalue weighted by Gasteiger charge is 2.33. The molecule has 1 aromatic rings. The quantitative estimate of drug-likeness (QED) is 0.807. The second-order valence-corrected chi connectivity index (χ2v) is 4.63. The summed E-state index contributed by atoms with van der Waals surface area (Å²) in [6.45, 7) is 1.95. The number of hydrogen-bond acceptors (Lipinski definition) is 3. The minimum atomic E-state index is 0.00153. The zero-order valence-corrected chi connectivity index (χ0v) is 10.2. The van der Waals surface area contributed by atoms with E-state index >= 15 is 0 Å². The van der Waals surface area contributed by atoms with E-state index in [-0.39, 0.29) is 5.41 Å². The molecular formula is C14H19NO2. The summed E-state index contributed by atoms with van der Waals surface area (Å²) in [4.78, 5) is 11.0. The van der Waals surface area contributed by atoms with E-state index in [4.69, 9.17) is 4.74 Å². The van der Waals surface area contributed by atoms with Crippen molar-refractivity contribution in [3.05, 3.63) is 29.8 Å². The van der Waals surface area contributed by atoms with E-state index in [2.05, 4.69) is 17.4 Å². The third-order valence-electron chi connectivity index (χ3n) is 3.72. The van der Waals surface area contributed by atoms with E-state index in [1.54, 1.807) is 7.11 Å². The fourth-order valence-electron chi connectivity index (χ4n) is 2.63. The van der Waals surface area contributed by atoms with Crippen molar-refractivity contribution in [3.63, 3.8) is 0 Å². The number of carbonyl (C=O) groups is 1. The van der Waals surface area contributed by atoms with Crippen molar-refractivity contribution in [1.29, 1.82) is 0 Å². The summed E-state index contributed by atoms with van der Waals surface area (Å²) in [5.41, 5.74) is 1.23. The molecule has 0 unspecified atom stereocenters. The monoisotopic (exact) mass is 233 g/mol. The van der Waals surface area contributed by atoms with Crippen molar-refractivity contribution in [3.8, 4) is 5.75 Å². The molecule has 0 amide bonds. The first-order valence-electron chi connectivity index (χ1n) is 6.10. The fourth-order valence-corrected chi connectivity index (χ4v) is 2.63. The summed E-state index contributed by atoms with van der Waals surface area (Å²) in [6.07, 6.45) is 3.67. The summed E-state index contributed by atoms with van der Waals surface area (Å²) in [6, 6.07) is 8.12. The molecule has 0 aromatic heterocycles. The Labute approximate surface area is 102 Å². The van der Waals surface area contributed by atoms with E-state index in [0.717, 1.165) is 38.0 Å². The molecule has 3 nitrogen and oxygen atoms in total. The first-order valence-corrected chi connectivity index (χ1v) is 6.10. The molecule has 0 radical (unpaired) electrons. The number of hydrogen-bond donors (Lipinski definition) is 1. The summed E-state index contributed by atoms with van der Waals surface area (Å²) in [5, 5.41) is 3.35. The number of aldehydes is 1. The molecule has 1 saturated heterocycles. The van der Waals surface area contributed by atoms with Crippen molar-refractivity contribution in [2.24, 2.45) is 0 Å². The molecule has 1 aromatic carbocycles. The number of carbonyl (C=O) groups excluding carboxylic acids is 1. The van der Waals surface area contributed by atoms with E-state index in [1.807, 2.05) is 12.1 Å². The predicted molar refractivity (Wildman–Crippen MR) is 67.5 cm³/mol. The van der Waals surface area contributed by atoms with Gasteiger partial charge in [-0.05, 0) is 43.6 Å². The Kier molecular flexibility index (Phi) is 3.79. The maximum absolute atomic E-state index is 11.0. The van der Waals surface area contributed by atoms with Crippen LogP contribution >= 0.6 is 0 Å². The maximum atomic E-state index is 11.0. The Bertz CT molecular complexity index is 384. The second-order valence-electron chi connectivity index (χ2n) is 4.63. The van der Waals surface area contributed by atoms with Crippen LogP contribution in [0, 0.1) is 0 Å². The van der Waals surface area contributed by atoms with Crippen LogP contribution in [0.3, 0.4) is 0 Å². The molecule has 0 atom stereocenters. The maximum Gasteiger partial charge on any atom is 0.120 e. The number of rotatable bonds is 4. The van der Waals surface area contributed by atoms with Gasteiger partial charge in [0.1, 0.15) is 12.0 Å². The molecule has 17 heavy (non-hydrogen) atoms. The Morgan fingerprint density at radius 1 is 1.41 bits per heavy atom. The third kappa shape index (κ3) is 2.50. The van der Waals surface area contributed by atoms with Crippen LogP contribution in [0.15, 0.2) is 24.3 Å². The lowest BCUT2D eigenvalue weighted by molar-refractivity contribution is -0.109. The van der Waals surface area contributed by atoms with Gasteiger partial charge in [-0.1, -0.05) is 12.1 Å². The van der Waals surface area contributed by atoms with Gasteiger partial charge in [-0.2, -0.15) is 0 Å². The highest BCUT2D eigenvalue weighted by Crippen LogP contribution is 2.37. The minimum absolute atomic E-state index is 0.00153. The van der Waals surface area contributed by atoms with E-state index in [9.17, 15) is 4.79 Å². The molecule has 1 aliphatic heterocycles. The summed E-state index contributed by atoms with van der Waals surface area (Å²) in [5.74, 6) is 0.867. The van der Waals surface area contributed by atoms with Crippen molar-refractivity contribution in [2.45, 2.75) is 24.7 Å². The standard InChI is InChI=1S/C14H19NO2/c1-17-13-4-2-3-12(11-13)14(7-10-16)5-8-15-9-6-14/h2-4,10-11,15H,5-9H2,1H3. The molecule has 0 spiro atoms. The third-order valence-corrected chi connectivity index (χ3v) is 3.72. The lowest BCUT2D eigenvalue weighted by Crippen LogP contribution is -2.40. The van der Waals surface area contributed by atoms with Gasteiger partial charge in [-0.15, -0.1) is 0 Å². The molecule has 3 heteroatoms. The fraction of sp³-hybridized carbons (Fsp3) is 0.500. The van der Waals surface area contributed by atoms with E-state index < -0.39 is 0 Å². The van der Waals surface area contributed by atoms with Crippen LogP contribution in [0.25, 0.3) is 0 Å². The molecule has 1 fully saturated rings. The Morgan fingerprint density at radius 2 is 2.18 bits per heavy atom.